The van der Waals surface area contributed by atoms with Gasteiger partial charge in [0.2, 0.25) is 10.0 Å². The van der Waals surface area contributed by atoms with Gasteiger partial charge in [0.15, 0.2) is 0 Å². The third-order valence-corrected chi connectivity index (χ3v) is 5.38. The Morgan fingerprint density at radius 1 is 1.04 bits per heavy atom. The lowest BCUT2D eigenvalue weighted by Crippen LogP contribution is -2.18. The van der Waals surface area contributed by atoms with E-state index in [1.54, 1.807) is 45.0 Å². The number of aromatic carboxylic acids is 1. The van der Waals surface area contributed by atoms with Crippen molar-refractivity contribution in [2.75, 3.05) is 15.8 Å². The molecule has 2 aromatic rings. The fourth-order valence-corrected chi connectivity index (χ4v) is 3.80. The summed E-state index contributed by atoms with van der Waals surface area (Å²) in [4.78, 5) is 23.7. The smallest absolute Gasteiger partial charge is 0.335 e. The minimum atomic E-state index is -3.45. The van der Waals surface area contributed by atoms with Gasteiger partial charge in [-0.15, -0.1) is 0 Å². The lowest BCUT2D eigenvalue weighted by Gasteiger charge is -2.14. The number of carbonyl (C=O) groups is 2. The number of aryl methyl sites for hydroxylation is 1. The summed E-state index contributed by atoms with van der Waals surface area (Å²) < 4.78 is 26.5. The Hall–Kier alpha value is -2.87. The second-order valence-electron chi connectivity index (χ2n) is 6.25. The highest BCUT2D eigenvalue weighted by Crippen LogP contribution is 2.25. The van der Waals surface area contributed by atoms with E-state index in [-0.39, 0.29) is 16.9 Å². The van der Waals surface area contributed by atoms with Crippen LogP contribution >= 0.6 is 0 Å². The Morgan fingerprint density at radius 3 is 2.30 bits per heavy atom. The molecule has 0 saturated carbocycles. The highest BCUT2D eigenvalue weighted by Gasteiger charge is 2.15. The van der Waals surface area contributed by atoms with Gasteiger partial charge in [-0.1, -0.05) is 13.0 Å². The molecule has 2 rings (SSSR count). The van der Waals surface area contributed by atoms with E-state index in [4.69, 9.17) is 5.11 Å². The summed E-state index contributed by atoms with van der Waals surface area (Å²) in [6, 6.07) is 9.27. The summed E-state index contributed by atoms with van der Waals surface area (Å²) >= 11 is 0. The third kappa shape index (κ3) is 5.30. The highest BCUT2D eigenvalue weighted by atomic mass is 32.2. The minimum Gasteiger partial charge on any atom is -0.478 e. The van der Waals surface area contributed by atoms with Gasteiger partial charge in [-0.05, 0) is 61.7 Å². The van der Waals surface area contributed by atoms with Crippen LogP contribution in [0.1, 0.15) is 45.2 Å². The van der Waals surface area contributed by atoms with E-state index in [2.05, 4.69) is 10.0 Å². The van der Waals surface area contributed by atoms with Crippen molar-refractivity contribution in [3.05, 3.63) is 58.7 Å². The van der Waals surface area contributed by atoms with Gasteiger partial charge in [-0.3, -0.25) is 9.52 Å². The molecule has 7 nitrogen and oxygen atoms in total. The zero-order valence-electron chi connectivity index (χ0n) is 15.4. The predicted octanol–water partition coefficient (Wildman–Crippen LogP) is 3.41. The number of hydrogen-bond donors (Lipinski definition) is 3. The molecule has 27 heavy (non-hydrogen) atoms. The molecule has 0 heterocycles. The molecule has 0 radical (unpaired) electrons. The van der Waals surface area contributed by atoms with Crippen LogP contribution in [-0.4, -0.2) is 31.2 Å². The van der Waals surface area contributed by atoms with Crippen LogP contribution in [0.25, 0.3) is 0 Å². The normalized spacial score (nSPS) is 11.1. The first-order valence-electron chi connectivity index (χ1n) is 8.39. The quantitative estimate of drug-likeness (QED) is 0.671. The van der Waals surface area contributed by atoms with Gasteiger partial charge in [0.05, 0.1) is 17.0 Å². The molecule has 0 fully saturated rings. The number of sulfonamides is 1. The molecule has 0 aliphatic rings. The Labute approximate surface area is 158 Å². The maximum atomic E-state index is 12.5. The fraction of sp³-hybridized carbons (Fsp3) is 0.263. The third-order valence-electron chi connectivity index (χ3n) is 3.91. The Morgan fingerprint density at radius 2 is 1.67 bits per heavy atom. The van der Waals surface area contributed by atoms with E-state index < -0.39 is 21.9 Å². The summed E-state index contributed by atoms with van der Waals surface area (Å²) in [7, 11) is -3.45. The number of carboxylic acids is 1. The molecule has 0 saturated heterocycles. The average molecular weight is 390 g/mol. The van der Waals surface area contributed by atoms with Crippen molar-refractivity contribution in [1.82, 2.24) is 0 Å². The maximum absolute atomic E-state index is 12.5. The lowest BCUT2D eigenvalue weighted by atomic mass is 10.1. The first-order chi connectivity index (χ1) is 12.6. The summed E-state index contributed by atoms with van der Waals surface area (Å²) in [5.74, 6) is -1.58. The summed E-state index contributed by atoms with van der Waals surface area (Å²) in [6.07, 6.45) is 0.490. The summed E-state index contributed by atoms with van der Waals surface area (Å²) in [6.45, 7) is 5.17. The van der Waals surface area contributed by atoms with Crippen molar-refractivity contribution in [3.8, 4) is 0 Å². The Balaban J connectivity index is 2.29. The van der Waals surface area contributed by atoms with Gasteiger partial charge < -0.3 is 10.4 Å². The molecule has 2 aromatic carbocycles. The van der Waals surface area contributed by atoms with Gasteiger partial charge in [0.25, 0.3) is 5.91 Å². The van der Waals surface area contributed by atoms with E-state index in [0.717, 1.165) is 0 Å². The largest absolute Gasteiger partial charge is 0.478 e. The van der Waals surface area contributed by atoms with E-state index in [1.165, 1.54) is 12.1 Å². The van der Waals surface area contributed by atoms with Crippen LogP contribution in [0.3, 0.4) is 0 Å². The first-order valence-corrected chi connectivity index (χ1v) is 10.0. The van der Waals surface area contributed by atoms with Crippen molar-refractivity contribution in [1.29, 1.82) is 0 Å². The second kappa shape index (κ2) is 8.22. The molecular formula is C19H22N2O5S. The second-order valence-corrected chi connectivity index (χ2v) is 8.09. The standard InChI is InChI=1S/C19H22N2O5S/c1-4-8-27(25,26)21-17-7-5-6-16(13(17)3)20-18(22)14-9-12(2)10-15(11-14)19(23)24/h5-7,9-11,21H,4,8H2,1-3H3,(H,20,22)(H,23,24). The van der Waals surface area contributed by atoms with Crippen molar-refractivity contribution in [2.45, 2.75) is 27.2 Å². The van der Waals surface area contributed by atoms with Crippen molar-refractivity contribution < 1.29 is 23.1 Å². The van der Waals surface area contributed by atoms with Gasteiger partial charge >= 0.3 is 5.97 Å². The van der Waals surface area contributed by atoms with Crippen LogP contribution in [-0.2, 0) is 10.0 Å². The fourth-order valence-electron chi connectivity index (χ4n) is 2.60. The minimum absolute atomic E-state index is 0.00425. The van der Waals surface area contributed by atoms with E-state index in [0.29, 0.717) is 28.9 Å². The van der Waals surface area contributed by atoms with E-state index >= 15 is 0 Å². The zero-order valence-corrected chi connectivity index (χ0v) is 16.2. The molecule has 0 aliphatic carbocycles. The van der Waals surface area contributed by atoms with E-state index in [9.17, 15) is 18.0 Å². The molecule has 0 aromatic heterocycles. The van der Waals surface area contributed by atoms with Crippen LogP contribution < -0.4 is 10.0 Å². The average Bonchev–Trinajstić information content (AvgIpc) is 2.57. The molecular weight excluding hydrogens is 368 g/mol. The molecule has 8 heteroatoms. The number of amides is 1. The maximum Gasteiger partial charge on any atom is 0.335 e. The topological polar surface area (TPSA) is 113 Å². The van der Waals surface area contributed by atoms with Crippen LogP contribution in [0.4, 0.5) is 11.4 Å². The van der Waals surface area contributed by atoms with E-state index in [1.807, 2.05) is 0 Å². The number of anilines is 2. The number of benzene rings is 2. The number of carboxylic acid groups (broad SMARTS) is 1. The molecule has 0 unspecified atom stereocenters. The molecule has 0 atom stereocenters. The Bertz CT molecular complexity index is 984. The van der Waals surface area contributed by atoms with Crippen molar-refractivity contribution in [2.24, 2.45) is 0 Å². The van der Waals surface area contributed by atoms with Crippen molar-refractivity contribution >= 4 is 33.3 Å². The van der Waals surface area contributed by atoms with Crippen molar-refractivity contribution in [3.63, 3.8) is 0 Å². The molecule has 0 bridgehead atoms. The molecule has 144 valence electrons. The van der Waals surface area contributed by atoms with Crippen LogP contribution in [0.5, 0.6) is 0 Å². The molecule has 0 aliphatic heterocycles. The highest BCUT2D eigenvalue weighted by molar-refractivity contribution is 7.92. The number of rotatable bonds is 7. The SMILES string of the molecule is CCCS(=O)(=O)Nc1cccc(NC(=O)c2cc(C)cc(C(=O)O)c2)c1C. The van der Waals surface area contributed by atoms with Gasteiger partial charge in [-0.25, -0.2) is 13.2 Å². The lowest BCUT2D eigenvalue weighted by molar-refractivity contribution is 0.0696. The number of carbonyl (C=O) groups excluding carboxylic acids is 1. The first kappa shape index (κ1) is 20.4. The van der Waals surface area contributed by atoms with Crippen LogP contribution in [0, 0.1) is 13.8 Å². The monoisotopic (exact) mass is 390 g/mol. The van der Waals surface area contributed by atoms with Gasteiger partial charge in [-0.2, -0.15) is 0 Å². The van der Waals surface area contributed by atoms with Crippen LogP contribution in [0.15, 0.2) is 36.4 Å². The number of nitrogens with one attached hydrogen (secondary N) is 2. The molecule has 3 N–H and O–H groups in total. The molecule has 0 spiro atoms. The zero-order chi connectivity index (χ0) is 20.2. The summed E-state index contributed by atoms with van der Waals surface area (Å²) in [5, 5.41) is 11.9. The molecule has 1 amide bonds. The predicted molar refractivity (Wildman–Crippen MR) is 105 cm³/mol. The van der Waals surface area contributed by atoms with Crippen LogP contribution in [0.2, 0.25) is 0 Å². The summed E-state index contributed by atoms with van der Waals surface area (Å²) in [5.41, 5.74) is 2.28. The van der Waals surface area contributed by atoms with Gasteiger partial charge in [0, 0.05) is 11.3 Å². The number of hydrogen-bond acceptors (Lipinski definition) is 4. The Kier molecular flexibility index (Phi) is 6.22. The van der Waals surface area contributed by atoms with Gasteiger partial charge in [0.1, 0.15) is 0 Å².